The number of ether oxygens (including phenoxy) is 2. The summed E-state index contributed by atoms with van der Waals surface area (Å²) < 4.78 is 10.7. The maximum absolute atomic E-state index is 5.44. The highest BCUT2D eigenvalue weighted by molar-refractivity contribution is 6.10. The van der Waals surface area contributed by atoms with Gasteiger partial charge in [0.05, 0.1) is 19.7 Å². The van der Waals surface area contributed by atoms with Crippen LogP contribution in [0.1, 0.15) is 0 Å². The number of para-hydroxylation sites is 1. The van der Waals surface area contributed by atoms with Crippen LogP contribution in [0.4, 0.5) is 0 Å². The van der Waals surface area contributed by atoms with E-state index in [1.807, 2.05) is 24.3 Å². The first-order valence-electron chi connectivity index (χ1n) is 5.46. The molecule has 0 bridgehead atoms. The average Bonchev–Trinajstić information content (AvgIpc) is 2.75. The maximum Gasteiger partial charge on any atom is 0.132 e. The van der Waals surface area contributed by atoms with E-state index in [0.717, 1.165) is 27.9 Å². The fourth-order valence-corrected chi connectivity index (χ4v) is 2.20. The van der Waals surface area contributed by atoms with Crippen molar-refractivity contribution in [2.24, 2.45) is 0 Å². The summed E-state index contributed by atoms with van der Waals surface area (Å²) in [4.78, 5) is 3.37. The van der Waals surface area contributed by atoms with E-state index in [1.165, 1.54) is 5.39 Å². The zero-order valence-corrected chi connectivity index (χ0v) is 9.78. The maximum atomic E-state index is 5.44. The van der Waals surface area contributed by atoms with Gasteiger partial charge in [0.1, 0.15) is 11.5 Å². The summed E-state index contributed by atoms with van der Waals surface area (Å²) in [5.41, 5.74) is 2.14. The van der Waals surface area contributed by atoms with E-state index in [1.54, 1.807) is 14.2 Å². The average molecular weight is 227 g/mol. The topological polar surface area (TPSA) is 34.2 Å². The van der Waals surface area contributed by atoms with Gasteiger partial charge in [0.25, 0.3) is 0 Å². The van der Waals surface area contributed by atoms with Crippen molar-refractivity contribution in [3.8, 4) is 11.5 Å². The van der Waals surface area contributed by atoms with E-state index >= 15 is 0 Å². The summed E-state index contributed by atoms with van der Waals surface area (Å²) in [6, 6.07) is 12.1. The van der Waals surface area contributed by atoms with Crippen LogP contribution in [0.25, 0.3) is 21.8 Å². The monoisotopic (exact) mass is 227 g/mol. The van der Waals surface area contributed by atoms with Crippen LogP contribution in [0.3, 0.4) is 0 Å². The van der Waals surface area contributed by atoms with Gasteiger partial charge in [0.15, 0.2) is 0 Å². The van der Waals surface area contributed by atoms with Gasteiger partial charge >= 0.3 is 0 Å². The number of fused-ring (bicyclic) bond motifs is 3. The van der Waals surface area contributed by atoms with Gasteiger partial charge in [-0.2, -0.15) is 0 Å². The molecular formula is C14H13NO2. The van der Waals surface area contributed by atoms with E-state index in [-0.39, 0.29) is 0 Å². The molecule has 0 aliphatic heterocycles. The van der Waals surface area contributed by atoms with Crippen LogP contribution in [0.15, 0.2) is 36.4 Å². The van der Waals surface area contributed by atoms with Gasteiger partial charge < -0.3 is 14.5 Å². The van der Waals surface area contributed by atoms with Crippen molar-refractivity contribution in [1.82, 2.24) is 4.98 Å². The Morgan fingerprint density at radius 1 is 0.941 bits per heavy atom. The molecule has 0 aliphatic carbocycles. The Hall–Kier alpha value is -2.16. The molecule has 1 aromatic heterocycles. The first kappa shape index (κ1) is 10.0. The van der Waals surface area contributed by atoms with Gasteiger partial charge in [-0.25, -0.2) is 0 Å². The molecular weight excluding hydrogens is 214 g/mol. The lowest BCUT2D eigenvalue weighted by atomic mass is 10.1. The Morgan fingerprint density at radius 3 is 2.53 bits per heavy atom. The SMILES string of the molecule is COc1cc(OC)c2c(c1)[nH]c1ccccc12. The number of hydrogen-bond donors (Lipinski definition) is 1. The van der Waals surface area contributed by atoms with E-state index in [2.05, 4.69) is 17.1 Å². The number of hydrogen-bond acceptors (Lipinski definition) is 2. The summed E-state index contributed by atoms with van der Waals surface area (Å²) in [5, 5.41) is 2.27. The van der Waals surface area contributed by atoms with E-state index in [0.29, 0.717) is 0 Å². The third kappa shape index (κ3) is 1.43. The standard InChI is InChI=1S/C14H13NO2/c1-16-9-7-12-14(13(8-9)17-2)10-5-3-4-6-11(10)15-12/h3-8,15H,1-2H3. The number of benzene rings is 2. The molecule has 17 heavy (non-hydrogen) atoms. The Labute approximate surface area is 99.0 Å². The molecule has 1 N–H and O–H groups in total. The minimum Gasteiger partial charge on any atom is -0.497 e. The normalized spacial score (nSPS) is 10.9. The van der Waals surface area contributed by atoms with Gasteiger partial charge in [-0.15, -0.1) is 0 Å². The van der Waals surface area contributed by atoms with Crippen LogP contribution in [-0.2, 0) is 0 Å². The molecule has 0 amide bonds. The largest absolute Gasteiger partial charge is 0.497 e. The van der Waals surface area contributed by atoms with E-state index in [4.69, 9.17) is 9.47 Å². The third-order valence-corrected chi connectivity index (χ3v) is 3.00. The molecule has 0 saturated heterocycles. The number of nitrogens with one attached hydrogen (secondary N) is 1. The lowest BCUT2D eigenvalue weighted by molar-refractivity contribution is 0.398. The predicted octanol–water partition coefficient (Wildman–Crippen LogP) is 3.34. The third-order valence-electron chi connectivity index (χ3n) is 3.00. The molecule has 0 aliphatic rings. The minimum atomic E-state index is 0.793. The van der Waals surface area contributed by atoms with Crippen molar-refractivity contribution in [3.05, 3.63) is 36.4 Å². The predicted molar refractivity (Wildman–Crippen MR) is 68.9 cm³/mol. The molecule has 2 aromatic carbocycles. The highest BCUT2D eigenvalue weighted by atomic mass is 16.5. The number of H-pyrrole nitrogens is 1. The number of methoxy groups -OCH3 is 2. The van der Waals surface area contributed by atoms with Crippen LogP contribution in [0.2, 0.25) is 0 Å². The van der Waals surface area contributed by atoms with Crippen molar-refractivity contribution in [1.29, 1.82) is 0 Å². The van der Waals surface area contributed by atoms with Crippen LogP contribution >= 0.6 is 0 Å². The zero-order chi connectivity index (χ0) is 11.8. The summed E-state index contributed by atoms with van der Waals surface area (Å²) in [6.45, 7) is 0. The van der Waals surface area contributed by atoms with Crippen LogP contribution in [0.5, 0.6) is 11.5 Å². The quantitative estimate of drug-likeness (QED) is 0.728. The molecule has 0 fully saturated rings. The number of aromatic amines is 1. The van der Waals surface area contributed by atoms with Gasteiger partial charge in [0, 0.05) is 28.4 Å². The smallest absolute Gasteiger partial charge is 0.132 e. The number of rotatable bonds is 2. The first-order chi connectivity index (χ1) is 8.33. The first-order valence-corrected chi connectivity index (χ1v) is 5.46. The second kappa shape index (κ2) is 3.70. The Bertz CT molecular complexity index is 685. The Morgan fingerprint density at radius 2 is 1.76 bits per heavy atom. The molecule has 0 saturated carbocycles. The molecule has 86 valence electrons. The Kier molecular flexibility index (Phi) is 2.18. The van der Waals surface area contributed by atoms with Crippen molar-refractivity contribution in [3.63, 3.8) is 0 Å². The second-order valence-electron chi connectivity index (χ2n) is 3.92. The fourth-order valence-electron chi connectivity index (χ4n) is 2.20. The van der Waals surface area contributed by atoms with Gasteiger partial charge in [-0.05, 0) is 6.07 Å². The molecule has 0 spiro atoms. The summed E-state index contributed by atoms with van der Waals surface area (Å²) in [6.07, 6.45) is 0. The van der Waals surface area contributed by atoms with Gasteiger partial charge in [0.2, 0.25) is 0 Å². The second-order valence-corrected chi connectivity index (χ2v) is 3.92. The molecule has 0 unspecified atom stereocenters. The molecule has 1 heterocycles. The molecule has 3 rings (SSSR count). The van der Waals surface area contributed by atoms with E-state index < -0.39 is 0 Å². The minimum absolute atomic E-state index is 0.793. The lowest BCUT2D eigenvalue weighted by Gasteiger charge is -2.05. The molecule has 0 radical (unpaired) electrons. The summed E-state index contributed by atoms with van der Waals surface area (Å²) in [7, 11) is 3.33. The molecule has 0 atom stereocenters. The molecule has 3 nitrogen and oxygen atoms in total. The molecule has 3 aromatic rings. The van der Waals surface area contributed by atoms with Crippen LogP contribution in [0, 0.1) is 0 Å². The highest BCUT2D eigenvalue weighted by Crippen LogP contribution is 2.36. The van der Waals surface area contributed by atoms with Crippen molar-refractivity contribution >= 4 is 21.8 Å². The fraction of sp³-hybridized carbons (Fsp3) is 0.143. The summed E-state index contributed by atoms with van der Waals surface area (Å²) in [5.74, 6) is 1.62. The van der Waals surface area contributed by atoms with Crippen molar-refractivity contribution < 1.29 is 9.47 Å². The van der Waals surface area contributed by atoms with Crippen LogP contribution in [-0.4, -0.2) is 19.2 Å². The highest BCUT2D eigenvalue weighted by Gasteiger charge is 2.10. The van der Waals surface area contributed by atoms with Gasteiger partial charge in [-0.1, -0.05) is 18.2 Å². The van der Waals surface area contributed by atoms with Gasteiger partial charge in [-0.3, -0.25) is 0 Å². The van der Waals surface area contributed by atoms with E-state index in [9.17, 15) is 0 Å². The molecule has 3 heteroatoms. The lowest BCUT2D eigenvalue weighted by Crippen LogP contribution is -1.87. The van der Waals surface area contributed by atoms with Crippen molar-refractivity contribution in [2.75, 3.05) is 14.2 Å². The van der Waals surface area contributed by atoms with Crippen molar-refractivity contribution in [2.45, 2.75) is 0 Å². The van der Waals surface area contributed by atoms with Crippen LogP contribution < -0.4 is 9.47 Å². The Balaban J connectivity index is 2.47. The number of aromatic nitrogens is 1. The summed E-state index contributed by atoms with van der Waals surface area (Å²) >= 11 is 0. The zero-order valence-electron chi connectivity index (χ0n) is 9.78.